The van der Waals surface area contributed by atoms with Gasteiger partial charge < -0.3 is 5.32 Å². The third-order valence-corrected chi connectivity index (χ3v) is 3.26. The van der Waals surface area contributed by atoms with E-state index in [4.69, 9.17) is 0 Å². The van der Waals surface area contributed by atoms with E-state index < -0.39 is 0 Å². The zero-order valence-electron chi connectivity index (χ0n) is 11.8. The molecule has 0 amide bonds. The van der Waals surface area contributed by atoms with Gasteiger partial charge in [0, 0.05) is 11.6 Å². The van der Waals surface area contributed by atoms with Crippen molar-refractivity contribution < 1.29 is 0 Å². The highest BCUT2D eigenvalue weighted by atomic mass is 14.8. The molecule has 0 bridgehead atoms. The molecule has 2 nitrogen and oxygen atoms in total. The van der Waals surface area contributed by atoms with E-state index in [2.05, 4.69) is 54.5 Å². The van der Waals surface area contributed by atoms with Gasteiger partial charge in [-0.1, -0.05) is 25.1 Å². The second-order valence-corrected chi connectivity index (χ2v) is 4.84. The highest BCUT2D eigenvalue weighted by Crippen LogP contribution is 2.19. The van der Waals surface area contributed by atoms with E-state index in [1.54, 1.807) is 0 Å². The van der Waals surface area contributed by atoms with Crippen molar-refractivity contribution in [2.45, 2.75) is 26.7 Å². The Labute approximate surface area is 115 Å². The van der Waals surface area contributed by atoms with Crippen LogP contribution in [-0.4, -0.2) is 18.1 Å². The van der Waals surface area contributed by atoms with E-state index in [9.17, 15) is 0 Å². The molecule has 2 heteroatoms. The first-order valence-corrected chi connectivity index (χ1v) is 7.04. The zero-order chi connectivity index (χ0) is 13.5. The summed E-state index contributed by atoms with van der Waals surface area (Å²) >= 11 is 0. The largest absolute Gasteiger partial charge is 0.316 e. The minimum Gasteiger partial charge on any atom is -0.316 e. The van der Waals surface area contributed by atoms with Crippen molar-refractivity contribution in [3.8, 4) is 0 Å². The molecule has 0 aliphatic heterocycles. The lowest BCUT2D eigenvalue weighted by Crippen LogP contribution is -2.15. The van der Waals surface area contributed by atoms with Crippen molar-refractivity contribution in [1.29, 1.82) is 0 Å². The van der Waals surface area contributed by atoms with Gasteiger partial charge in [-0.15, -0.1) is 0 Å². The van der Waals surface area contributed by atoms with Crippen molar-refractivity contribution >= 4 is 16.5 Å². The van der Waals surface area contributed by atoms with Crippen LogP contribution in [0.3, 0.4) is 0 Å². The van der Waals surface area contributed by atoms with Crippen LogP contribution < -0.4 is 5.32 Å². The number of pyridine rings is 1. The third-order valence-electron chi connectivity index (χ3n) is 3.26. The van der Waals surface area contributed by atoms with Crippen molar-refractivity contribution in [2.75, 3.05) is 13.1 Å². The number of allylic oxidation sites excluding steroid dienone is 1. The molecule has 1 aromatic heterocycles. The molecule has 0 radical (unpaired) electrons. The highest BCUT2D eigenvalue weighted by Gasteiger charge is 1.98. The van der Waals surface area contributed by atoms with Crippen LogP contribution in [0.2, 0.25) is 0 Å². The first kappa shape index (κ1) is 13.8. The molecule has 0 unspecified atom stereocenters. The van der Waals surface area contributed by atoms with Crippen LogP contribution in [0, 0.1) is 0 Å². The normalized spacial score (nSPS) is 12.0. The smallest absolute Gasteiger partial charge is 0.0702 e. The van der Waals surface area contributed by atoms with E-state index in [0.29, 0.717) is 0 Å². The summed E-state index contributed by atoms with van der Waals surface area (Å²) in [5.41, 5.74) is 3.68. The number of benzene rings is 1. The maximum Gasteiger partial charge on any atom is 0.0702 e. The summed E-state index contributed by atoms with van der Waals surface area (Å²) in [6.45, 7) is 6.53. The molecule has 0 fully saturated rings. The van der Waals surface area contributed by atoms with E-state index in [-0.39, 0.29) is 0 Å². The molecule has 1 heterocycles. The standard InChI is InChI=1S/C17H22N2/c1-3-10-18-11-4-6-14(2)15-8-9-17-16(13-15)7-5-12-19-17/h5-9,12-13,18H,3-4,10-11H2,1-2H3/b14-6-. The van der Waals surface area contributed by atoms with Crippen molar-refractivity contribution in [1.82, 2.24) is 10.3 Å². The molecule has 0 atom stereocenters. The van der Waals surface area contributed by atoms with Gasteiger partial charge >= 0.3 is 0 Å². The van der Waals surface area contributed by atoms with Gasteiger partial charge in [0.05, 0.1) is 5.52 Å². The summed E-state index contributed by atoms with van der Waals surface area (Å²) in [6, 6.07) is 10.6. The Hall–Kier alpha value is -1.67. The van der Waals surface area contributed by atoms with E-state index >= 15 is 0 Å². The van der Waals surface area contributed by atoms with E-state index in [0.717, 1.165) is 25.0 Å². The van der Waals surface area contributed by atoms with Crippen molar-refractivity contribution in [2.24, 2.45) is 0 Å². The Bertz CT molecular complexity index is 558. The summed E-state index contributed by atoms with van der Waals surface area (Å²) in [6.07, 6.45) is 6.42. The SMILES string of the molecule is CCCNCC/C=C(/C)c1ccc2ncccc2c1. The molecule has 2 aromatic rings. The van der Waals surface area contributed by atoms with Gasteiger partial charge in [0.15, 0.2) is 0 Å². The fourth-order valence-electron chi connectivity index (χ4n) is 2.13. The van der Waals surface area contributed by atoms with Crippen LogP contribution in [0.25, 0.3) is 16.5 Å². The van der Waals surface area contributed by atoms with Gasteiger partial charge in [-0.3, -0.25) is 4.98 Å². The lowest BCUT2D eigenvalue weighted by atomic mass is 10.0. The highest BCUT2D eigenvalue weighted by molar-refractivity contribution is 5.82. The Morgan fingerprint density at radius 2 is 2.16 bits per heavy atom. The predicted octanol–water partition coefficient (Wildman–Crippen LogP) is 4.03. The molecular formula is C17H22N2. The summed E-state index contributed by atoms with van der Waals surface area (Å²) in [7, 11) is 0. The Balaban J connectivity index is 2.04. The summed E-state index contributed by atoms with van der Waals surface area (Å²) in [5.74, 6) is 0. The molecule has 1 aromatic carbocycles. The minimum absolute atomic E-state index is 1.06. The maximum absolute atomic E-state index is 4.35. The monoisotopic (exact) mass is 254 g/mol. The van der Waals surface area contributed by atoms with Gasteiger partial charge in [0.25, 0.3) is 0 Å². The molecule has 19 heavy (non-hydrogen) atoms. The van der Waals surface area contributed by atoms with Crippen LogP contribution in [0.5, 0.6) is 0 Å². The van der Waals surface area contributed by atoms with Gasteiger partial charge in [0.2, 0.25) is 0 Å². The lowest BCUT2D eigenvalue weighted by molar-refractivity contribution is 0.678. The number of aromatic nitrogens is 1. The fraction of sp³-hybridized carbons (Fsp3) is 0.353. The van der Waals surface area contributed by atoms with Gasteiger partial charge in [0.1, 0.15) is 0 Å². The first-order valence-electron chi connectivity index (χ1n) is 7.04. The molecule has 0 aliphatic carbocycles. The van der Waals surface area contributed by atoms with Crippen LogP contribution >= 0.6 is 0 Å². The maximum atomic E-state index is 4.35. The minimum atomic E-state index is 1.06. The quantitative estimate of drug-likeness (QED) is 0.787. The number of hydrogen-bond donors (Lipinski definition) is 1. The molecule has 0 saturated carbocycles. The van der Waals surface area contributed by atoms with Gasteiger partial charge in [-0.25, -0.2) is 0 Å². The second-order valence-electron chi connectivity index (χ2n) is 4.84. The first-order chi connectivity index (χ1) is 9.31. The molecule has 0 aliphatic rings. The van der Waals surface area contributed by atoms with Crippen molar-refractivity contribution in [3.63, 3.8) is 0 Å². The third kappa shape index (κ3) is 3.90. The average Bonchev–Trinajstić information content (AvgIpc) is 2.46. The van der Waals surface area contributed by atoms with Crippen LogP contribution in [-0.2, 0) is 0 Å². The topological polar surface area (TPSA) is 24.9 Å². The van der Waals surface area contributed by atoms with Crippen LogP contribution in [0.4, 0.5) is 0 Å². The van der Waals surface area contributed by atoms with Gasteiger partial charge in [-0.2, -0.15) is 0 Å². The van der Waals surface area contributed by atoms with Crippen LogP contribution in [0.15, 0.2) is 42.6 Å². The Kier molecular flexibility index (Phi) is 5.10. The molecule has 0 spiro atoms. The summed E-state index contributed by atoms with van der Waals surface area (Å²) in [4.78, 5) is 4.35. The summed E-state index contributed by atoms with van der Waals surface area (Å²) in [5, 5.41) is 4.62. The fourth-order valence-corrected chi connectivity index (χ4v) is 2.13. The lowest BCUT2D eigenvalue weighted by Gasteiger charge is -2.05. The molecule has 0 saturated heterocycles. The predicted molar refractivity (Wildman–Crippen MR) is 83.2 cm³/mol. The molecule has 2 rings (SSSR count). The number of nitrogens with one attached hydrogen (secondary N) is 1. The number of fused-ring (bicyclic) bond motifs is 1. The summed E-state index contributed by atoms with van der Waals surface area (Å²) < 4.78 is 0. The Morgan fingerprint density at radius 1 is 1.26 bits per heavy atom. The van der Waals surface area contributed by atoms with Crippen molar-refractivity contribution in [3.05, 3.63) is 48.2 Å². The second kappa shape index (κ2) is 7.05. The molecule has 100 valence electrons. The molecule has 1 N–H and O–H groups in total. The van der Waals surface area contributed by atoms with E-state index in [1.165, 1.54) is 22.9 Å². The van der Waals surface area contributed by atoms with Gasteiger partial charge in [-0.05, 0) is 62.2 Å². The van der Waals surface area contributed by atoms with E-state index in [1.807, 2.05) is 12.3 Å². The number of rotatable bonds is 6. The zero-order valence-corrected chi connectivity index (χ0v) is 11.8. The Morgan fingerprint density at radius 3 is 3.00 bits per heavy atom. The number of nitrogens with zero attached hydrogens (tertiary/aromatic N) is 1. The average molecular weight is 254 g/mol. The van der Waals surface area contributed by atoms with Crippen LogP contribution in [0.1, 0.15) is 32.3 Å². The molecular weight excluding hydrogens is 232 g/mol. The number of hydrogen-bond acceptors (Lipinski definition) is 2.